The molecule has 6 nitrogen and oxygen atoms in total. The molecule has 1 saturated carbocycles. The van der Waals surface area contributed by atoms with Crippen LogP contribution < -0.4 is 9.91 Å². The Morgan fingerprint density at radius 3 is 2.03 bits per heavy atom. The topological polar surface area (TPSA) is 69.6 Å². The highest BCUT2D eigenvalue weighted by Crippen LogP contribution is 2.68. The van der Waals surface area contributed by atoms with E-state index in [-0.39, 0.29) is 22.7 Å². The van der Waals surface area contributed by atoms with Gasteiger partial charge in [0, 0.05) is 43.1 Å². The van der Waals surface area contributed by atoms with E-state index in [2.05, 4.69) is 70.1 Å². The smallest absolute Gasteiger partial charge is 0.475 e. The van der Waals surface area contributed by atoms with Gasteiger partial charge in [-0.05, 0) is 49.1 Å². The number of quaternary nitrogens is 1. The van der Waals surface area contributed by atoms with Gasteiger partial charge in [0.2, 0.25) is 5.91 Å². The first-order chi connectivity index (χ1) is 16.1. The minimum atomic E-state index is -5.08. The van der Waals surface area contributed by atoms with E-state index >= 15 is 0 Å². The Morgan fingerprint density at radius 2 is 1.63 bits per heavy atom. The highest BCUT2D eigenvalue weighted by molar-refractivity contribution is 5.96. The number of halogens is 3. The number of nitrogens with one attached hydrogen (secondary N) is 1. The van der Waals surface area contributed by atoms with Gasteiger partial charge in [-0.25, -0.2) is 9.39 Å². The van der Waals surface area contributed by atoms with Gasteiger partial charge in [0.15, 0.2) is 5.69 Å². The van der Waals surface area contributed by atoms with E-state index in [1.165, 1.54) is 56.6 Å². The molecule has 1 aromatic rings. The summed E-state index contributed by atoms with van der Waals surface area (Å²) in [5.74, 6) is -2.50. The van der Waals surface area contributed by atoms with Crippen molar-refractivity contribution >= 4 is 23.3 Å². The van der Waals surface area contributed by atoms with Crippen molar-refractivity contribution in [2.75, 3.05) is 25.0 Å². The summed E-state index contributed by atoms with van der Waals surface area (Å²) in [6.07, 6.45) is 0.126. The molecule has 2 heterocycles. The number of carboxylic acids is 1. The van der Waals surface area contributed by atoms with Crippen LogP contribution >= 0.6 is 0 Å². The summed E-state index contributed by atoms with van der Waals surface area (Å²) in [5.41, 5.74) is 3.69. The first kappa shape index (κ1) is 27.5. The largest absolute Gasteiger partial charge is 0.490 e. The fourth-order valence-electron chi connectivity index (χ4n) is 6.11. The van der Waals surface area contributed by atoms with Crippen LogP contribution in [0.1, 0.15) is 65.9 Å². The number of benzene rings is 1. The van der Waals surface area contributed by atoms with E-state index in [0.29, 0.717) is 6.04 Å². The molecule has 2 saturated heterocycles. The van der Waals surface area contributed by atoms with Gasteiger partial charge >= 0.3 is 12.1 Å². The van der Waals surface area contributed by atoms with Gasteiger partial charge in [-0.15, -0.1) is 5.01 Å². The molecular formula is C26H39F3N3O3+. The quantitative estimate of drug-likeness (QED) is 0.519. The summed E-state index contributed by atoms with van der Waals surface area (Å²) >= 11 is 0. The van der Waals surface area contributed by atoms with Crippen LogP contribution in [0.25, 0.3) is 0 Å². The Hall–Kier alpha value is -2.13. The van der Waals surface area contributed by atoms with Crippen LogP contribution in [0.3, 0.4) is 0 Å². The maximum Gasteiger partial charge on any atom is 0.490 e. The van der Waals surface area contributed by atoms with Crippen molar-refractivity contribution in [3.05, 3.63) is 23.8 Å². The number of nitrogens with zero attached hydrogens (tertiary/aromatic N) is 2. The molecule has 1 aliphatic carbocycles. The molecule has 0 radical (unpaired) electrons. The van der Waals surface area contributed by atoms with Crippen molar-refractivity contribution < 1.29 is 27.9 Å². The average molecular weight is 499 g/mol. The standard InChI is InChI=1S/C24H37N3O.C2HF3O2/c1-17-16-19(27(14-7-8-15-27)26-13-9-10-18(26)2)11-12-20(17)25-22(28)21-23(3,4)24(21,5)6;3-2(4,5)1(6)7/h11-12,16,18,21H,7-10,13-15H2,1-6H3;(H,6,7)/p+1/t18-;/m0./s1. The van der Waals surface area contributed by atoms with Crippen LogP contribution in [0.2, 0.25) is 0 Å². The van der Waals surface area contributed by atoms with E-state index in [4.69, 9.17) is 9.90 Å². The van der Waals surface area contributed by atoms with Gasteiger partial charge in [0.25, 0.3) is 0 Å². The molecule has 1 aromatic carbocycles. The SMILES string of the molecule is Cc1cc([N+]2(N3CCC[C@@H]3C)CCCC2)ccc1NC(=O)C1C(C)(C)C1(C)C.O=C(O)C(F)(F)F. The Morgan fingerprint density at radius 1 is 1.09 bits per heavy atom. The number of hydrogen-bond acceptors (Lipinski definition) is 3. The van der Waals surface area contributed by atoms with Crippen molar-refractivity contribution in [1.29, 1.82) is 0 Å². The number of hydrogen-bond donors (Lipinski definition) is 2. The molecular weight excluding hydrogens is 459 g/mol. The Kier molecular flexibility index (Phi) is 7.37. The Bertz CT molecular complexity index is 954. The molecule has 1 atom stereocenters. The fraction of sp³-hybridized carbons (Fsp3) is 0.692. The number of anilines is 1. The second kappa shape index (κ2) is 9.39. The minimum Gasteiger partial charge on any atom is -0.475 e. The normalized spacial score (nSPS) is 25.0. The van der Waals surface area contributed by atoms with Gasteiger partial charge in [-0.3, -0.25) is 4.79 Å². The van der Waals surface area contributed by atoms with E-state index in [1.807, 2.05) is 0 Å². The van der Waals surface area contributed by atoms with E-state index in [0.717, 1.165) is 10.3 Å². The maximum atomic E-state index is 12.9. The zero-order chi connectivity index (χ0) is 26.4. The van der Waals surface area contributed by atoms with Crippen LogP contribution in [-0.4, -0.2) is 53.8 Å². The summed E-state index contributed by atoms with van der Waals surface area (Å²) in [6, 6.07) is 7.39. The molecule has 4 rings (SSSR count). The predicted molar refractivity (Wildman–Crippen MR) is 131 cm³/mol. The summed E-state index contributed by atoms with van der Waals surface area (Å²) in [4.78, 5) is 21.8. The van der Waals surface area contributed by atoms with Gasteiger partial charge in [-0.2, -0.15) is 13.2 Å². The summed E-state index contributed by atoms with van der Waals surface area (Å²) in [6.45, 7) is 16.9. The van der Waals surface area contributed by atoms with Crippen LogP contribution in [0, 0.1) is 23.7 Å². The molecule has 2 N–H and O–H groups in total. The van der Waals surface area contributed by atoms with Crippen molar-refractivity contribution in [2.45, 2.75) is 79.4 Å². The molecule has 196 valence electrons. The molecule has 0 bridgehead atoms. The number of aryl methyl sites for hydroxylation is 1. The second-order valence-electron chi connectivity index (χ2n) is 11.4. The lowest BCUT2D eigenvalue weighted by Crippen LogP contribution is -2.61. The Labute approximate surface area is 206 Å². The highest BCUT2D eigenvalue weighted by atomic mass is 19.4. The van der Waals surface area contributed by atoms with Crippen molar-refractivity contribution in [3.8, 4) is 0 Å². The minimum absolute atomic E-state index is 0.0710. The molecule has 1 amide bonds. The number of amides is 1. The summed E-state index contributed by atoms with van der Waals surface area (Å²) in [7, 11) is 0. The lowest BCUT2D eigenvalue weighted by Gasteiger charge is -2.43. The lowest BCUT2D eigenvalue weighted by atomic mass is 10.0. The van der Waals surface area contributed by atoms with Gasteiger partial charge in [0.1, 0.15) is 13.1 Å². The zero-order valence-corrected chi connectivity index (χ0v) is 21.6. The average Bonchev–Trinajstić information content (AvgIpc) is 3.21. The van der Waals surface area contributed by atoms with Gasteiger partial charge in [0.05, 0.1) is 6.04 Å². The highest BCUT2D eigenvalue weighted by Gasteiger charge is 2.68. The van der Waals surface area contributed by atoms with Gasteiger partial charge in [-0.1, -0.05) is 27.7 Å². The van der Waals surface area contributed by atoms with Gasteiger partial charge < -0.3 is 10.4 Å². The van der Waals surface area contributed by atoms with Crippen LogP contribution in [0.15, 0.2) is 18.2 Å². The van der Waals surface area contributed by atoms with E-state index in [9.17, 15) is 18.0 Å². The number of carbonyl (C=O) groups is 2. The van der Waals surface area contributed by atoms with Crippen LogP contribution in [0.5, 0.6) is 0 Å². The first-order valence-corrected chi connectivity index (χ1v) is 12.4. The molecule has 0 spiro atoms. The molecule has 35 heavy (non-hydrogen) atoms. The van der Waals surface area contributed by atoms with Crippen molar-refractivity contribution in [3.63, 3.8) is 0 Å². The summed E-state index contributed by atoms with van der Waals surface area (Å²) < 4.78 is 32.7. The second-order valence-corrected chi connectivity index (χ2v) is 11.4. The third-order valence-corrected chi connectivity index (χ3v) is 8.79. The number of carbonyl (C=O) groups excluding carboxylic acids is 1. The van der Waals surface area contributed by atoms with Crippen molar-refractivity contribution in [2.24, 2.45) is 16.7 Å². The molecule has 0 aromatic heterocycles. The van der Waals surface area contributed by atoms with Crippen LogP contribution in [-0.2, 0) is 9.59 Å². The number of rotatable bonds is 4. The third-order valence-electron chi connectivity index (χ3n) is 8.79. The molecule has 3 aliphatic rings. The van der Waals surface area contributed by atoms with E-state index < -0.39 is 12.1 Å². The monoisotopic (exact) mass is 498 g/mol. The zero-order valence-electron chi connectivity index (χ0n) is 21.6. The number of aliphatic carboxylic acids is 1. The van der Waals surface area contributed by atoms with Crippen molar-refractivity contribution in [1.82, 2.24) is 9.60 Å². The molecule has 0 unspecified atom stereocenters. The lowest BCUT2D eigenvalue weighted by molar-refractivity contribution is -0.192. The molecule has 9 heteroatoms. The fourth-order valence-corrected chi connectivity index (χ4v) is 6.11. The number of carboxylic acid groups (broad SMARTS) is 1. The predicted octanol–water partition coefficient (Wildman–Crippen LogP) is 5.75. The molecule has 2 aliphatic heterocycles. The van der Waals surface area contributed by atoms with Crippen LogP contribution in [0.4, 0.5) is 24.5 Å². The Balaban J connectivity index is 0.000000429. The summed E-state index contributed by atoms with van der Waals surface area (Å²) in [5, 5.41) is 13.1. The maximum absolute atomic E-state index is 12.9. The first-order valence-electron chi connectivity index (χ1n) is 12.4. The third kappa shape index (κ3) is 5.07. The van der Waals surface area contributed by atoms with E-state index in [1.54, 1.807) is 0 Å². The molecule has 3 fully saturated rings. The number of alkyl halides is 3.